The second-order valence-corrected chi connectivity index (χ2v) is 8.55. The van der Waals surface area contributed by atoms with Crippen LogP contribution < -0.4 is 4.72 Å². The summed E-state index contributed by atoms with van der Waals surface area (Å²) in [6.07, 6.45) is 5.02. The molecule has 0 aromatic heterocycles. The van der Waals surface area contributed by atoms with E-state index in [0.29, 0.717) is 10.9 Å². The zero-order chi connectivity index (χ0) is 15.5. The van der Waals surface area contributed by atoms with Crippen molar-refractivity contribution in [3.05, 3.63) is 24.3 Å². The van der Waals surface area contributed by atoms with E-state index in [4.69, 9.17) is 5.11 Å². The van der Waals surface area contributed by atoms with Crippen LogP contribution in [0.2, 0.25) is 0 Å². The fourth-order valence-electron chi connectivity index (χ4n) is 2.19. The Morgan fingerprint density at radius 1 is 1.29 bits per heavy atom. The lowest BCUT2D eigenvalue weighted by atomic mass is 10.3. The van der Waals surface area contributed by atoms with Crippen LogP contribution in [-0.4, -0.2) is 30.0 Å². The molecule has 2 N–H and O–H groups in total. The summed E-state index contributed by atoms with van der Waals surface area (Å²) in [5, 5.41) is 7.95. The molecule has 1 aromatic rings. The average Bonchev–Trinajstić information content (AvgIpc) is 2.92. The molecule has 1 aromatic carbocycles. The SMILES string of the molecule is CC(C(=O)O)S(=O)(=O)Nc1ccc(SC2CCCC2)cc1. The van der Waals surface area contributed by atoms with Crippen LogP contribution >= 0.6 is 11.8 Å². The molecule has 21 heavy (non-hydrogen) atoms. The van der Waals surface area contributed by atoms with Crippen LogP contribution in [0, 0.1) is 0 Å². The third-order valence-electron chi connectivity index (χ3n) is 3.53. The number of thioether (sulfide) groups is 1. The molecule has 0 radical (unpaired) electrons. The number of sulfonamides is 1. The van der Waals surface area contributed by atoms with Gasteiger partial charge >= 0.3 is 5.97 Å². The molecule has 7 heteroatoms. The molecule has 0 heterocycles. The van der Waals surface area contributed by atoms with Crippen LogP contribution in [0.3, 0.4) is 0 Å². The number of carboxylic acid groups (broad SMARTS) is 1. The summed E-state index contributed by atoms with van der Waals surface area (Å²) in [5.74, 6) is -1.36. The zero-order valence-electron chi connectivity index (χ0n) is 11.8. The molecule has 1 aliphatic carbocycles. The van der Waals surface area contributed by atoms with E-state index >= 15 is 0 Å². The molecular weight excluding hydrogens is 310 g/mol. The molecular formula is C14H19NO4S2. The van der Waals surface area contributed by atoms with Crippen molar-refractivity contribution >= 4 is 33.4 Å². The molecule has 0 bridgehead atoms. The van der Waals surface area contributed by atoms with Gasteiger partial charge in [-0.3, -0.25) is 9.52 Å². The van der Waals surface area contributed by atoms with Gasteiger partial charge in [-0.15, -0.1) is 11.8 Å². The van der Waals surface area contributed by atoms with Crippen molar-refractivity contribution in [3.8, 4) is 0 Å². The Kier molecular flexibility index (Phi) is 5.16. The topological polar surface area (TPSA) is 83.5 Å². The van der Waals surface area contributed by atoms with Gasteiger partial charge in [0.1, 0.15) is 0 Å². The summed E-state index contributed by atoms with van der Waals surface area (Å²) >= 11 is 1.82. The monoisotopic (exact) mass is 329 g/mol. The van der Waals surface area contributed by atoms with Gasteiger partial charge in [0, 0.05) is 15.8 Å². The van der Waals surface area contributed by atoms with Gasteiger partial charge in [-0.1, -0.05) is 12.8 Å². The van der Waals surface area contributed by atoms with E-state index in [-0.39, 0.29) is 0 Å². The van der Waals surface area contributed by atoms with E-state index in [9.17, 15) is 13.2 Å². The van der Waals surface area contributed by atoms with Crippen molar-refractivity contribution in [2.75, 3.05) is 4.72 Å². The molecule has 1 saturated carbocycles. The minimum Gasteiger partial charge on any atom is -0.480 e. The largest absolute Gasteiger partial charge is 0.480 e. The van der Waals surface area contributed by atoms with Crippen molar-refractivity contribution in [3.63, 3.8) is 0 Å². The highest BCUT2D eigenvalue weighted by Gasteiger charge is 2.27. The predicted molar refractivity (Wildman–Crippen MR) is 84.2 cm³/mol. The van der Waals surface area contributed by atoms with E-state index in [1.54, 1.807) is 12.1 Å². The lowest BCUT2D eigenvalue weighted by molar-refractivity contribution is -0.136. The second kappa shape index (κ2) is 6.70. The summed E-state index contributed by atoms with van der Waals surface area (Å²) in [7, 11) is -3.90. The Labute approximate surface area is 129 Å². The van der Waals surface area contributed by atoms with Crippen LogP contribution in [0.25, 0.3) is 0 Å². The standard InChI is InChI=1S/C14H19NO4S2/c1-10(14(16)17)21(18,19)15-11-6-8-13(9-7-11)20-12-4-2-3-5-12/h6-10,12,15H,2-5H2,1H3,(H,16,17). The van der Waals surface area contributed by atoms with Crippen molar-refractivity contribution in [1.82, 2.24) is 0 Å². The van der Waals surface area contributed by atoms with E-state index in [2.05, 4.69) is 4.72 Å². The third-order valence-corrected chi connectivity index (χ3v) is 6.53. The van der Waals surface area contributed by atoms with Crippen LogP contribution in [0.4, 0.5) is 5.69 Å². The quantitative estimate of drug-likeness (QED) is 0.838. The van der Waals surface area contributed by atoms with Crippen molar-refractivity contribution in [1.29, 1.82) is 0 Å². The molecule has 116 valence electrons. The van der Waals surface area contributed by atoms with Gasteiger partial charge in [-0.2, -0.15) is 0 Å². The van der Waals surface area contributed by atoms with Gasteiger partial charge in [-0.05, 0) is 44.0 Å². The van der Waals surface area contributed by atoms with E-state index < -0.39 is 21.2 Å². The number of anilines is 1. The lowest BCUT2D eigenvalue weighted by Crippen LogP contribution is -2.32. The van der Waals surface area contributed by atoms with Gasteiger partial charge in [0.25, 0.3) is 0 Å². The lowest BCUT2D eigenvalue weighted by Gasteiger charge is -2.12. The van der Waals surface area contributed by atoms with Crippen LogP contribution in [0.1, 0.15) is 32.6 Å². The first-order valence-corrected chi connectivity index (χ1v) is 9.32. The molecule has 1 fully saturated rings. The summed E-state index contributed by atoms with van der Waals surface area (Å²) in [6, 6.07) is 7.07. The van der Waals surface area contributed by atoms with Crippen molar-refractivity contribution in [2.24, 2.45) is 0 Å². The minimum absolute atomic E-state index is 0.388. The molecule has 5 nitrogen and oxygen atoms in total. The summed E-state index contributed by atoms with van der Waals surface area (Å²) in [5.41, 5.74) is 0.388. The van der Waals surface area contributed by atoms with Gasteiger partial charge in [-0.25, -0.2) is 8.42 Å². The average molecular weight is 329 g/mol. The Morgan fingerprint density at radius 2 is 1.86 bits per heavy atom. The Balaban J connectivity index is 2.00. The fraction of sp³-hybridized carbons (Fsp3) is 0.500. The maximum Gasteiger partial charge on any atom is 0.323 e. The predicted octanol–water partition coefficient (Wildman–Crippen LogP) is 2.94. The number of carboxylic acids is 1. The summed E-state index contributed by atoms with van der Waals surface area (Å²) < 4.78 is 25.9. The highest BCUT2D eigenvalue weighted by atomic mass is 32.2. The highest BCUT2D eigenvalue weighted by molar-refractivity contribution is 8.00. The van der Waals surface area contributed by atoms with Crippen LogP contribution in [0.15, 0.2) is 29.2 Å². The van der Waals surface area contributed by atoms with Crippen LogP contribution in [-0.2, 0) is 14.8 Å². The molecule has 1 atom stereocenters. The molecule has 1 unspecified atom stereocenters. The van der Waals surface area contributed by atoms with Crippen molar-refractivity contribution in [2.45, 2.75) is 48.0 Å². The smallest absolute Gasteiger partial charge is 0.323 e. The normalized spacial score (nSPS) is 17.6. The van der Waals surface area contributed by atoms with Gasteiger partial charge in [0.05, 0.1) is 0 Å². The minimum atomic E-state index is -3.90. The summed E-state index contributed by atoms with van der Waals surface area (Å²) in [6.45, 7) is 1.15. The van der Waals surface area contributed by atoms with Gasteiger partial charge in [0.2, 0.25) is 10.0 Å². The van der Waals surface area contributed by atoms with Gasteiger partial charge < -0.3 is 5.11 Å². The maximum atomic E-state index is 11.8. The number of carbonyl (C=O) groups is 1. The third kappa shape index (κ3) is 4.38. The summed E-state index contributed by atoms with van der Waals surface area (Å²) in [4.78, 5) is 11.9. The molecule has 0 aliphatic heterocycles. The second-order valence-electron chi connectivity index (χ2n) is 5.18. The Hall–Kier alpha value is -1.21. The van der Waals surface area contributed by atoms with Crippen molar-refractivity contribution < 1.29 is 18.3 Å². The van der Waals surface area contributed by atoms with Gasteiger partial charge in [0.15, 0.2) is 5.25 Å². The first-order valence-electron chi connectivity index (χ1n) is 6.89. The maximum absolute atomic E-state index is 11.8. The molecule has 0 saturated heterocycles. The highest BCUT2D eigenvalue weighted by Crippen LogP contribution is 2.35. The number of hydrogen-bond acceptors (Lipinski definition) is 4. The van der Waals surface area contributed by atoms with E-state index in [1.165, 1.54) is 25.7 Å². The van der Waals surface area contributed by atoms with E-state index in [0.717, 1.165) is 11.8 Å². The first-order chi connectivity index (χ1) is 9.88. The molecule has 0 amide bonds. The number of aliphatic carboxylic acids is 1. The fourth-order valence-corrected chi connectivity index (χ4v) is 4.34. The Morgan fingerprint density at radius 3 is 2.38 bits per heavy atom. The van der Waals surface area contributed by atoms with E-state index in [1.807, 2.05) is 23.9 Å². The van der Waals surface area contributed by atoms with Crippen LogP contribution in [0.5, 0.6) is 0 Å². The Bertz CT molecular complexity index is 592. The molecule has 1 aliphatic rings. The number of rotatable bonds is 6. The first kappa shape index (κ1) is 16.2. The number of nitrogens with one attached hydrogen (secondary N) is 1. The number of hydrogen-bond donors (Lipinski definition) is 2. The zero-order valence-corrected chi connectivity index (χ0v) is 13.4. The number of benzene rings is 1. The molecule has 2 rings (SSSR count). The molecule has 0 spiro atoms.